The van der Waals surface area contributed by atoms with Gasteiger partial charge in [-0.25, -0.2) is 0 Å². The van der Waals surface area contributed by atoms with Crippen molar-refractivity contribution in [2.24, 2.45) is 0 Å². The molecule has 58 valence electrons. The minimum absolute atomic E-state index is 1.07. The van der Waals surface area contributed by atoms with Crippen LogP contribution in [-0.2, 0) is 6.42 Å². The van der Waals surface area contributed by atoms with E-state index in [9.17, 15) is 0 Å². The van der Waals surface area contributed by atoms with Crippen LogP contribution in [-0.4, -0.2) is 4.57 Å². The summed E-state index contributed by atoms with van der Waals surface area (Å²) in [7, 11) is 0. The lowest BCUT2D eigenvalue weighted by Gasteiger charge is -2.06. The maximum Gasteiger partial charge on any atom is 0.0265 e. The predicted octanol–water partition coefficient (Wildman–Crippen LogP) is 2.62. The van der Waals surface area contributed by atoms with Crippen LogP contribution in [0.25, 0.3) is 17.3 Å². The summed E-state index contributed by atoms with van der Waals surface area (Å²) in [4.78, 5) is 0. The van der Waals surface area contributed by atoms with Crippen molar-refractivity contribution in [2.45, 2.75) is 6.42 Å². The Morgan fingerprint density at radius 2 is 2.08 bits per heavy atom. The van der Waals surface area contributed by atoms with Gasteiger partial charge in [-0.15, -0.1) is 0 Å². The zero-order chi connectivity index (χ0) is 7.97. The van der Waals surface area contributed by atoms with E-state index in [2.05, 4.69) is 47.3 Å². The van der Waals surface area contributed by atoms with Crippen molar-refractivity contribution in [2.75, 3.05) is 0 Å². The summed E-state index contributed by atoms with van der Waals surface area (Å²) in [5.41, 5.74) is 4.06. The van der Waals surface area contributed by atoms with Gasteiger partial charge in [0.15, 0.2) is 0 Å². The molecule has 0 amide bonds. The van der Waals surface area contributed by atoms with Crippen LogP contribution in [0, 0.1) is 0 Å². The molecule has 0 N–H and O–H groups in total. The third kappa shape index (κ3) is 0.681. The molecule has 1 aliphatic carbocycles. The minimum atomic E-state index is 1.07. The van der Waals surface area contributed by atoms with Crippen molar-refractivity contribution in [1.29, 1.82) is 0 Å². The Bertz CT molecular complexity index is 423. The van der Waals surface area contributed by atoms with Gasteiger partial charge in [-0.1, -0.05) is 24.3 Å². The average Bonchev–Trinajstić information content (AvgIpc) is 2.64. The Labute approximate surface area is 71.3 Å². The monoisotopic (exact) mass is 155 g/mol. The zero-order valence-electron chi connectivity index (χ0n) is 6.70. The van der Waals surface area contributed by atoms with Gasteiger partial charge in [0.05, 0.1) is 0 Å². The average molecular weight is 155 g/mol. The molecule has 0 radical (unpaired) electrons. The summed E-state index contributed by atoms with van der Waals surface area (Å²) in [6, 6.07) is 8.67. The molecule has 0 saturated heterocycles. The lowest BCUT2D eigenvalue weighted by molar-refractivity contribution is 1.05. The van der Waals surface area contributed by atoms with Crippen LogP contribution in [0.15, 0.2) is 36.5 Å². The van der Waals surface area contributed by atoms with Crippen molar-refractivity contribution in [3.05, 3.63) is 42.2 Å². The SMILES string of the molecule is C1=Cn2cc3cccc-3cc2C1. The highest BCUT2D eigenvalue weighted by Crippen LogP contribution is 2.26. The molecule has 1 heteroatoms. The third-order valence-corrected chi connectivity index (χ3v) is 2.41. The van der Waals surface area contributed by atoms with E-state index in [0.717, 1.165) is 6.42 Å². The second-order valence-electron chi connectivity index (χ2n) is 3.20. The molecule has 3 rings (SSSR count). The lowest BCUT2D eigenvalue weighted by atomic mass is 10.1. The molecule has 2 heterocycles. The van der Waals surface area contributed by atoms with Crippen LogP contribution >= 0.6 is 0 Å². The summed E-state index contributed by atoms with van der Waals surface area (Å²) in [6.45, 7) is 0. The Balaban J connectivity index is 2.38. The number of nitrogens with zero attached hydrogens (tertiary/aromatic N) is 1. The Morgan fingerprint density at radius 3 is 3.08 bits per heavy atom. The fraction of sp³-hybridized carbons (Fsp3) is 0.0909. The highest BCUT2D eigenvalue weighted by Gasteiger charge is 2.08. The van der Waals surface area contributed by atoms with Crippen LogP contribution in [0.4, 0.5) is 0 Å². The first kappa shape index (κ1) is 6.06. The summed E-state index contributed by atoms with van der Waals surface area (Å²) < 4.78 is 2.20. The van der Waals surface area contributed by atoms with E-state index in [1.165, 1.54) is 16.8 Å². The standard InChI is InChI=1S/C11H9N/c1-3-9-7-11-5-2-6-12(11)8-10(9)4-1/h1-4,6-8H,5H2. The third-order valence-electron chi connectivity index (χ3n) is 2.41. The minimum Gasteiger partial charge on any atom is -0.327 e. The summed E-state index contributed by atoms with van der Waals surface area (Å²) in [5, 5.41) is 0. The van der Waals surface area contributed by atoms with E-state index in [1.54, 1.807) is 0 Å². The summed E-state index contributed by atoms with van der Waals surface area (Å²) >= 11 is 0. The molecule has 0 unspecified atom stereocenters. The molecule has 0 bridgehead atoms. The van der Waals surface area contributed by atoms with Gasteiger partial charge in [-0.05, 0) is 17.2 Å². The summed E-state index contributed by atoms with van der Waals surface area (Å²) in [5.74, 6) is 0. The maximum absolute atomic E-state index is 2.26. The molecule has 0 saturated carbocycles. The normalized spacial score (nSPS) is 14.0. The van der Waals surface area contributed by atoms with Crippen LogP contribution in [0.5, 0.6) is 0 Å². The number of hydrogen-bond acceptors (Lipinski definition) is 0. The van der Waals surface area contributed by atoms with Gasteiger partial charge in [0.2, 0.25) is 0 Å². The molecule has 0 spiro atoms. The van der Waals surface area contributed by atoms with Crippen molar-refractivity contribution >= 4 is 6.20 Å². The molecular weight excluding hydrogens is 146 g/mol. The van der Waals surface area contributed by atoms with E-state index in [4.69, 9.17) is 0 Å². The van der Waals surface area contributed by atoms with Crippen molar-refractivity contribution in [3.63, 3.8) is 0 Å². The second kappa shape index (κ2) is 2.01. The van der Waals surface area contributed by atoms with Gasteiger partial charge in [0, 0.05) is 24.5 Å². The molecule has 0 aromatic carbocycles. The van der Waals surface area contributed by atoms with E-state index >= 15 is 0 Å². The van der Waals surface area contributed by atoms with Crippen LogP contribution in [0.1, 0.15) is 5.69 Å². The molecule has 0 fully saturated rings. The smallest absolute Gasteiger partial charge is 0.0265 e. The Morgan fingerprint density at radius 1 is 1.17 bits per heavy atom. The molecule has 0 aromatic rings. The highest BCUT2D eigenvalue weighted by molar-refractivity contribution is 5.67. The van der Waals surface area contributed by atoms with Crippen molar-refractivity contribution in [3.8, 4) is 11.1 Å². The molecule has 2 aliphatic heterocycles. The first-order chi connectivity index (χ1) is 5.93. The van der Waals surface area contributed by atoms with Crippen molar-refractivity contribution in [1.82, 2.24) is 4.57 Å². The van der Waals surface area contributed by atoms with E-state index in [1.807, 2.05) is 0 Å². The zero-order valence-corrected chi connectivity index (χ0v) is 6.70. The van der Waals surface area contributed by atoms with Crippen LogP contribution in [0.3, 0.4) is 0 Å². The highest BCUT2D eigenvalue weighted by atomic mass is 14.9. The number of pyridine rings is 1. The molecule has 0 atom stereocenters. The fourth-order valence-corrected chi connectivity index (χ4v) is 1.77. The number of allylic oxidation sites excluding steroid dienone is 1. The van der Waals surface area contributed by atoms with Crippen LogP contribution < -0.4 is 0 Å². The van der Waals surface area contributed by atoms with Gasteiger partial charge < -0.3 is 4.57 Å². The molecule has 1 nitrogen and oxygen atoms in total. The van der Waals surface area contributed by atoms with Gasteiger partial charge in [-0.3, -0.25) is 0 Å². The Kier molecular flexibility index (Phi) is 1.01. The first-order valence-corrected chi connectivity index (χ1v) is 4.20. The van der Waals surface area contributed by atoms with Gasteiger partial charge in [-0.2, -0.15) is 0 Å². The number of hydrogen-bond donors (Lipinski definition) is 0. The van der Waals surface area contributed by atoms with Crippen LogP contribution in [0.2, 0.25) is 0 Å². The number of rotatable bonds is 0. The van der Waals surface area contributed by atoms with E-state index < -0.39 is 0 Å². The second-order valence-corrected chi connectivity index (χ2v) is 3.20. The predicted molar refractivity (Wildman–Crippen MR) is 50.1 cm³/mol. The fourth-order valence-electron chi connectivity index (χ4n) is 1.77. The summed E-state index contributed by atoms with van der Waals surface area (Å²) in [6.07, 6.45) is 7.57. The van der Waals surface area contributed by atoms with Gasteiger partial charge in [0.25, 0.3) is 0 Å². The number of fused-ring (bicyclic) bond motifs is 2. The van der Waals surface area contributed by atoms with Crippen molar-refractivity contribution < 1.29 is 0 Å². The molecule has 0 aromatic heterocycles. The molecular formula is C11H9N. The lowest BCUT2D eigenvalue weighted by Crippen LogP contribution is -1.93. The van der Waals surface area contributed by atoms with E-state index in [-0.39, 0.29) is 0 Å². The number of aromatic nitrogens is 1. The maximum atomic E-state index is 2.26. The topological polar surface area (TPSA) is 4.93 Å². The largest absolute Gasteiger partial charge is 0.327 e. The van der Waals surface area contributed by atoms with E-state index in [0.29, 0.717) is 0 Å². The Hall–Kier alpha value is -1.50. The quantitative estimate of drug-likeness (QED) is 0.551. The molecule has 3 aliphatic rings. The van der Waals surface area contributed by atoms with Gasteiger partial charge in [0.1, 0.15) is 0 Å². The molecule has 12 heavy (non-hydrogen) atoms. The van der Waals surface area contributed by atoms with Gasteiger partial charge >= 0.3 is 0 Å². The first-order valence-electron chi connectivity index (χ1n) is 4.20.